The Balaban J connectivity index is 2.97. The van der Waals surface area contributed by atoms with E-state index in [9.17, 15) is 20.2 Å². The maximum Gasteiger partial charge on any atom is 0.491 e. The van der Waals surface area contributed by atoms with Crippen molar-refractivity contribution in [1.82, 2.24) is 0 Å². The predicted octanol–water partition coefficient (Wildman–Crippen LogP) is 1.16. The number of nitro groups is 1. The lowest BCUT2D eigenvalue weighted by Gasteiger charge is -2.38. The SMILES string of the molecule is Cc1cc(B(O)OC(C)(C)C(C)(C)O)ccc1[N+](=O)[O-]. The Kier molecular flexibility index (Phi) is 4.58. The lowest BCUT2D eigenvalue weighted by Crippen LogP contribution is -2.53. The minimum atomic E-state index is -1.27. The Morgan fingerprint density at radius 3 is 2.25 bits per heavy atom. The first-order valence-corrected chi connectivity index (χ1v) is 6.29. The van der Waals surface area contributed by atoms with Gasteiger partial charge in [-0.1, -0.05) is 12.1 Å². The van der Waals surface area contributed by atoms with Crippen molar-refractivity contribution in [2.75, 3.05) is 0 Å². The predicted molar refractivity (Wildman–Crippen MR) is 76.9 cm³/mol. The Labute approximate surface area is 118 Å². The fraction of sp³-hybridized carbons (Fsp3) is 0.538. The molecule has 0 saturated heterocycles. The van der Waals surface area contributed by atoms with Gasteiger partial charge in [0.1, 0.15) is 0 Å². The third-order valence-electron chi connectivity index (χ3n) is 3.58. The third-order valence-corrected chi connectivity index (χ3v) is 3.58. The minimum absolute atomic E-state index is 0.0114. The van der Waals surface area contributed by atoms with Crippen molar-refractivity contribution in [2.45, 2.75) is 45.8 Å². The zero-order valence-electron chi connectivity index (χ0n) is 12.4. The van der Waals surface area contributed by atoms with E-state index in [1.165, 1.54) is 18.2 Å². The molecule has 0 unspecified atom stereocenters. The van der Waals surface area contributed by atoms with Gasteiger partial charge in [0, 0.05) is 11.6 Å². The van der Waals surface area contributed by atoms with Crippen LogP contribution in [-0.4, -0.2) is 33.4 Å². The summed E-state index contributed by atoms with van der Waals surface area (Å²) in [7, 11) is -1.27. The molecule has 1 aromatic rings. The molecule has 1 aromatic carbocycles. The maximum absolute atomic E-state index is 10.7. The van der Waals surface area contributed by atoms with Crippen LogP contribution < -0.4 is 5.46 Å². The van der Waals surface area contributed by atoms with Gasteiger partial charge in [-0.05, 0) is 40.1 Å². The highest BCUT2D eigenvalue weighted by atomic mass is 16.6. The topological polar surface area (TPSA) is 92.8 Å². The van der Waals surface area contributed by atoms with E-state index >= 15 is 0 Å². The van der Waals surface area contributed by atoms with E-state index in [0.29, 0.717) is 11.0 Å². The largest absolute Gasteiger partial charge is 0.491 e. The van der Waals surface area contributed by atoms with Gasteiger partial charge in [0.05, 0.1) is 16.1 Å². The van der Waals surface area contributed by atoms with Crippen molar-refractivity contribution < 1.29 is 19.7 Å². The summed E-state index contributed by atoms with van der Waals surface area (Å²) in [5, 5.41) is 30.8. The van der Waals surface area contributed by atoms with Gasteiger partial charge in [0.2, 0.25) is 0 Å². The molecule has 0 aromatic heterocycles. The van der Waals surface area contributed by atoms with Gasteiger partial charge in [-0.3, -0.25) is 10.1 Å². The summed E-state index contributed by atoms with van der Waals surface area (Å²) in [5.74, 6) is 0. The van der Waals surface area contributed by atoms with Crippen molar-refractivity contribution in [3.63, 3.8) is 0 Å². The van der Waals surface area contributed by atoms with Crippen molar-refractivity contribution in [1.29, 1.82) is 0 Å². The summed E-state index contributed by atoms with van der Waals surface area (Å²) in [6, 6.07) is 4.27. The average Bonchev–Trinajstić information content (AvgIpc) is 2.25. The summed E-state index contributed by atoms with van der Waals surface area (Å²) >= 11 is 0. The van der Waals surface area contributed by atoms with Gasteiger partial charge in [0.15, 0.2) is 0 Å². The molecule has 2 N–H and O–H groups in total. The van der Waals surface area contributed by atoms with Crippen molar-refractivity contribution in [3.8, 4) is 0 Å². The lowest BCUT2D eigenvalue weighted by atomic mass is 9.76. The van der Waals surface area contributed by atoms with Gasteiger partial charge >= 0.3 is 7.12 Å². The normalized spacial score (nSPS) is 12.3. The smallest absolute Gasteiger partial charge is 0.423 e. The van der Waals surface area contributed by atoms with Crippen LogP contribution in [0.4, 0.5) is 5.69 Å². The maximum atomic E-state index is 10.7. The van der Waals surface area contributed by atoms with Gasteiger partial charge in [0.25, 0.3) is 5.69 Å². The summed E-state index contributed by atoms with van der Waals surface area (Å²) in [5.41, 5.74) is -1.30. The van der Waals surface area contributed by atoms with Gasteiger partial charge in [-0.25, -0.2) is 0 Å². The number of nitro benzene ring substituents is 1. The summed E-state index contributed by atoms with van der Waals surface area (Å²) < 4.78 is 5.48. The molecule has 0 aliphatic carbocycles. The molecule has 0 aliphatic heterocycles. The second kappa shape index (κ2) is 5.51. The number of aliphatic hydroxyl groups is 1. The minimum Gasteiger partial charge on any atom is -0.423 e. The molecule has 0 heterocycles. The van der Waals surface area contributed by atoms with Crippen LogP contribution in [0, 0.1) is 17.0 Å². The highest BCUT2D eigenvalue weighted by molar-refractivity contribution is 6.60. The number of rotatable bonds is 5. The Morgan fingerprint density at radius 2 is 1.85 bits per heavy atom. The van der Waals surface area contributed by atoms with E-state index in [1.54, 1.807) is 34.6 Å². The Morgan fingerprint density at radius 1 is 1.30 bits per heavy atom. The molecule has 7 heteroatoms. The van der Waals surface area contributed by atoms with Crippen LogP contribution in [0.5, 0.6) is 0 Å². The van der Waals surface area contributed by atoms with E-state index in [1.807, 2.05) is 0 Å². The number of aryl methyl sites for hydroxylation is 1. The fourth-order valence-electron chi connectivity index (χ4n) is 1.53. The third kappa shape index (κ3) is 3.56. The highest BCUT2D eigenvalue weighted by Crippen LogP contribution is 2.25. The fourth-order valence-corrected chi connectivity index (χ4v) is 1.53. The first-order valence-electron chi connectivity index (χ1n) is 6.29. The quantitative estimate of drug-likeness (QED) is 0.480. The van der Waals surface area contributed by atoms with Crippen LogP contribution in [0.1, 0.15) is 33.3 Å². The van der Waals surface area contributed by atoms with E-state index in [-0.39, 0.29) is 5.69 Å². The van der Waals surface area contributed by atoms with Gasteiger partial charge < -0.3 is 14.8 Å². The molecule has 0 bridgehead atoms. The van der Waals surface area contributed by atoms with Crippen molar-refractivity contribution in [2.24, 2.45) is 0 Å². The van der Waals surface area contributed by atoms with Crippen LogP contribution >= 0.6 is 0 Å². The van der Waals surface area contributed by atoms with E-state index in [0.717, 1.165) is 0 Å². The van der Waals surface area contributed by atoms with Crippen molar-refractivity contribution in [3.05, 3.63) is 33.9 Å². The summed E-state index contributed by atoms with van der Waals surface area (Å²) in [6.45, 7) is 8.08. The number of hydrogen-bond donors (Lipinski definition) is 2. The first-order chi connectivity index (χ1) is 8.95. The molecule has 0 saturated carbocycles. The standard InChI is InChI=1S/C13H20BNO5/c1-9-8-10(6-7-11(9)15(18)19)14(17)20-13(4,5)12(2,3)16/h6-8,16-17H,1-5H3. The molecule has 20 heavy (non-hydrogen) atoms. The monoisotopic (exact) mass is 281 g/mol. The van der Waals surface area contributed by atoms with Crippen LogP contribution in [0.2, 0.25) is 0 Å². The van der Waals surface area contributed by atoms with Crippen LogP contribution in [0.15, 0.2) is 18.2 Å². The summed E-state index contributed by atoms with van der Waals surface area (Å²) in [4.78, 5) is 10.3. The molecule has 1 rings (SSSR count). The molecule has 0 radical (unpaired) electrons. The molecule has 0 spiro atoms. The first kappa shape index (κ1) is 16.6. The molecule has 110 valence electrons. The second-order valence-corrected chi connectivity index (χ2v) is 5.84. The molecule has 0 fully saturated rings. The lowest BCUT2D eigenvalue weighted by molar-refractivity contribution is -0.385. The number of benzene rings is 1. The molecule has 0 aliphatic rings. The average molecular weight is 281 g/mol. The zero-order valence-corrected chi connectivity index (χ0v) is 12.4. The van der Waals surface area contributed by atoms with Gasteiger partial charge in [-0.2, -0.15) is 0 Å². The zero-order chi connectivity index (χ0) is 15.7. The molecule has 0 amide bonds. The highest BCUT2D eigenvalue weighted by Gasteiger charge is 2.39. The van der Waals surface area contributed by atoms with E-state index in [4.69, 9.17) is 4.65 Å². The van der Waals surface area contributed by atoms with Crippen LogP contribution in [0.25, 0.3) is 0 Å². The van der Waals surface area contributed by atoms with Crippen molar-refractivity contribution >= 4 is 18.3 Å². The molecule has 0 atom stereocenters. The van der Waals surface area contributed by atoms with Crippen LogP contribution in [0.3, 0.4) is 0 Å². The Bertz CT molecular complexity index is 510. The molecular weight excluding hydrogens is 261 g/mol. The van der Waals surface area contributed by atoms with Crippen LogP contribution in [-0.2, 0) is 4.65 Å². The number of nitrogens with zero attached hydrogens (tertiary/aromatic N) is 1. The second-order valence-electron chi connectivity index (χ2n) is 5.84. The molecule has 6 nitrogen and oxygen atoms in total. The summed E-state index contributed by atoms with van der Waals surface area (Å²) in [6.07, 6.45) is 0. The number of hydrogen-bond acceptors (Lipinski definition) is 5. The molecular formula is C13H20BNO5. The van der Waals surface area contributed by atoms with Gasteiger partial charge in [-0.15, -0.1) is 0 Å². The van der Waals surface area contributed by atoms with E-state index in [2.05, 4.69) is 0 Å². The Hall–Kier alpha value is -1.44. The van der Waals surface area contributed by atoms with E-state index < -0.39 is 23.2 Å².